The van der Waals surface area contributed by atoms with E-state index < -0.39 is 6.61 Å². The summed E-state index contributed by atoms with van der Waals surface area (Å²) in [5.41, 5.74) is 1.17. The van der Waals surface area contributed by atoms with E-state index in [-0.39, 0.29) is 29.6 Å². The summed E-state index contributed by atoms with van der Waals surface area (Å²) < 4.78 is 34.4. The van der Waals surface area contributed by atoms with Gasteiger partial charge < -0.3 is 14.8 Å². The first-order valence-electron chi connectivity index (χ1n) is 7.24. The smallest absolute Gasteiger partial charge is 0.387 e. The summed E-state index contributed by atoms with van der Waals surface area (Å²) in [4.78, 5) is 12.2. The summed E-state index contributed by atoms with van der Waals surface area (Å²) in [6.45, 7) is -0.682. The molecule has 0 unspecified atom stereocenters. The average Bonchev–Trinajstić information content (AvgIpc) is 2.55. The van der Waals surface area contributed by atoms with Crippen molar-refractivity contribution in [1.82, 2.24) is 5.32 Å². The van der Waals surface area contributed by atoms with Crippen LogP contribution in [-0.4, -0.2) is 19.1 Å². The van der Waals surface area contributed by atoms with E-state index in [0.29, 0.717) is 11.6 Å². The maximum Gasteiger partial charge on any atom is 0.387 e. The van der Waals surface area contributed by atoms with Crippen molar-refractivity contribution in [2.45, 2.75) is 20.1 Å². The average molecular weight is 356 g/mol. The molecular weight excluding hydrogens is 340 g/mol. The Morgan fingerprint density at radius 1 is 1.17 bits per heavy atom. The fraction of sp³-hybridized carbons (Fsp3) is 0.235. The lowest BCUT2D eigenvalue weighted by molar-refractivity contribution is -0.0514. The highest BCUT2D eigenvalue weighted by molar-refractivity contribution is 6.30. The van der Waals surface area contributed by atoms with Crippen molar-refractivity contribution in [1.29, 1.82) is 0 Å². The number of hydrogen-bond donors (Lipinski definition) is 1. The van der Waals surface area contributed by atoms with Crippen LogP contribution in [0.15, 0.2) is 42.5 Å². The van der Waals surface area contributed by atoms with E-state index in [9.17, 15) is 13.6 Å². The van der Waals surface area contributed by atoms with Gasteiger partial charge in [0.2, 0.25) is 0 Å². The highest BCUT2D eigenvalue weighted by Gasteiger charge is 2.14. The molecule has 24 heavy (non-hydrogen) atoms. The highest BCUT2D eigenvalue weighted by Crippen LogP contribution is 2.29. The lowest BCUT2D eigenvalue weighted by Crippen LogP contribution is -2.22. The molecule has 0 aliphatic heterocycles. The van der Waals surface area contributed by atoms with Crippen molar-refractivity contribution in [3.63, 3.8) is 0 Å². The van der Waals surface area contributed by atoms with Gasteiger partial charge in [-0.3, -0.25) is 4.79 Å². The Balaban J connectivity index is 2.07. The SMILES string of the molecule is CCOc1cc(C(=O)NCc2ccc(Cl)cc2)ccc1OC(F)F. The zero-order valence-electron chi connectivity index (χ0n) is 12.9. The topological polar surface area (TPSA) is 47.6 Å². The Hall–Kier alpha value is -2.34. The molecule has 1 N–H and O–H groups in total. The number of carbonyl (C=O) groups excluding carboxylic acids is 1. The molecule has 2 aromatic rings. The minimum absolute atomic E-state index is 0.0944. The van der Waals surface area contributed by atoms with E-state index in [4.69, 9.17) is 16.3 Å². The molecule has 0 saturated heterocycles. The fourth-order valence-electron chi connectivity index (χ4n) is 2.00. The molecule has 2 rings (SSSR count). The molecule has 128 valence electrons. The molecule has 0 aliphatic carbocycles. The van der Waals surface area contributed by atoms with E-state index in [1.807, 2.05) is 0 Å². The van der Waals surface area contributed by atoms with Crippen molar-refractivity contribution in [2.75, 3.05) is 6.61 Å². The predicted octanol–water partition coefficient (Wildman–Crippen LogP) is 4.27. The molecule has 0 spiro atoms. The van der Waals surface area contributed by atoms with Gasteiger partial charge in [-0.2, -0.15) is 8.78 Å². The number of hydrogen-bond acceptors (Lipinski definition) is 3. The van der Waals surface area contributed by atoms with Gasteiger partial charge in [0.1, 0.15) is 0 Å². The van der Waals surface area contributed by atoms with Crippen LogP contribution in [0.5, 0.6) is 11.5 Å². The van der Waals surface area contributed by atoms with Gasteiger partial charge in [-0.15, -0.1) is 0 Å². The number of benzene rings is 2. The third-order valence-electron chi connectivity index (χ3n) is 3.09. The summed E-state index contributed by atoms with van der Waals surface area (Å²) in [6.07, 6.45) is 0. The number of amides is 1. The first-order valence-corrected chi connectivity index (χ1v) is 7.61. The zero-order valence-corrected chi connectivity index (χ0v) is 13.6. The highest BCUT2D eigenvalue weighted by atomic mass is 35.5. The second-order valence-electron chi connectivity index (χ2n) is 4.78. The summed E-state index contributed by atoms with van der Waals surface area (Å²) in [7, 11) is 0. The quantitative estimate of drug-likeness (QED) is 0.806. The molecule has 0 radical (unpaired) electrons. The first-order chi connectivity index (χ1) is 11.5. The number of halogens is 3. The number of ether oxygens (including phenoxy) is 2. The zero-order chi connectivity index (χ0) is 17.5. The van der Waals surface area contributed by atoms with E-state index in [1.54, 1.807) is 31.2 Å². The maximum atomic E-state index is 12.4. The minimum atomic E-state index is -2.96. The molecule has 7 heteroatoms. The molecule has 0 aromatic heterocycles. The fourth-order valence-corrected chi connectivity index (χ4v) is 2.12. The van der Waals surface area contributed by atoms with Gasteiger partial charge in [0.25, 0.3) is 5.91 Å². The molecule has 0 heterocycles. The van der Waals surface area contributed by atoms with Crippen LogP contribution >= 0.6 is 11.6 Å². The van der Waals surface area contributed by atoms with Crippen LogP contribution in [0, 0.1) is 0 Å². The van der Waals surface area contributed by atoms with Crippen molar-refractivity contribution < 1.29 is 23.0 Å². The van der Waals surface area contributed by atoms with Gasteiger partial charge >= 0.3 is 6.61 Å². The second-order valence-corrected chi connectivity index (χ2v) is 5.22. The minimum Gasteiger partial charge on any atom is -0.490 e. The Morgan fingerprint density at radius 3 is 2.50 bits per heavy atom. The molecule has 0 saturated carbocycles. The maximum absolute atomic E-state index is 12.4. The van der Waals surface area contributed by atoms with Crippen LogP contribution in [0.25, 0.3) is 0 Å². The van der Waals surface area contributed by atoms with Crippen LogP contribution < -0.4 is 14.8 Å². The molecule has 0 fully saturated rings. The molecular formula is C17H16ClF2NO3. The van der Waals surface area contributed by atoms with Crippen molar-refractivity contribution in [3.8, 4) is 11.5 Å². The first kappa shape index (κ1) is 18.0. The van der Waals surface area contributed by atoms with E-state index in [1.165, 1.54) is 18.2 Å². The van der Waals surface area contributed by atoms with Crippen LogP contribution in [0.2, 0.25) is 5.02 Å². The second kappa shape index (κ2) is 8.49. The van der Waals surface area contributed by atoms with Gasteiger partial charge in [-0.05, 0) is 42.8 Å². The Morgan fingerprint density at radius 2 is 1.88 bits per heavy atom. The third kappa shape index (κ3) is 5.09. The standard InChI is InChI=1S/C17H16ClF2NO3/c1-2-23-15-9-12(5-8-14(15)24-17(19)20)16(22)21-10-11-3-6-13(18)7-4-11/h3-9,17H,2,10H2,1H3,(H,21,22). The van der Waals surface area contributed by atoms with Gasteiger partial charge in [-0.25, -0.2) is 0 Å². The molecule has 0 aliphatic rings. The predicted molar refractivity (Wildman–Crippen MR) is 86.9 cm³/mol. The molecule has 0 atom stereocenters. The van der Waals surface area contributed by atoms with E-state index in [2.05, 4.69) is 10.1 Å². The van der Waals surface area contributed by atoms with Crippen LogP contribution in [0.4, 0.5) is 8.78 Å². The lowest BCUT2D eigenvalue weighted by atomic mass is 10.1. The van der Waals surface area contributed by atoms with Crippen molar-refractivity contribution >= 4 is 17.5 Å². The Kier molecular flexibility index (Phi) is 6.37. The molecule has 2 aromatic carbocycles. The van der Waals surface area contributed by atoms with Gasteiger partial charge in [0.15, 0.2) is 11.5 Å². The van der Waals surface area contributed by atoms with E-state index >= 15 is 0 Å². The summed E-state index contributed by atoms with van der Waals surface area (Å²) in [6, 6.07) is 11.1. The number of nitrogens with one attached hydrogen (secondary N) is 1. The molecule has 0 bridgehead atoms. The van der Waals surface area contributed by atoms with Crippen molar-refractivity contribution in [3.05, 3.63) is 58.6 Å². The Bertz CT molecular complexity index is 693. The Labute approximate surface area is 143 Å². The number of carbonyl (C=O) groups is 1. The number of rotatable bonds is 7. The number of alkyl halides is 2. The van der Waals surface area contributed by atoms with Gasteiger partial charge in [-0.1, -0.05) is 23.7 Å². The van der Waals surface area contributed by atoms with Crippen LogP contribution in [0.3, 0.4) is 0 Å². The van der Waals surface area contributed by atoms with Gasteiger partial charge in [0.05, 0.1) is 6.61 Å². The molecule has 1 amide bonds. The largest absolute Gasteiger partial charge is 0.490 e. The van der Waals surface area contributed by atoms with Crippen molar-refractivity contribution in [2.24, 2.45) is 0 Å². The third-order valence-corrected chi connectivity index (χ3v) is 3.34. The van der Waals surface area contributed by atoms with E-state index in [0.717, 1.165) is 5.56 Å². The van der Waals surface area contributed by atoms with Crippen LogP contribution in [0.1, 0.15) is 22.8 Å². The summed E-state index contributed by atoms with van der Waals surface area (Å²) in [5.74, 6) is -0.368. The monoisotopic (exact) mass is 355 g/mol. The van der Waals surface area contributed by atoms with Crippen LogP contribution in [-0.2, 0) is 6.54 Å². The van der Waals surface area contributed by atoms with Gasteiger partial charge in [0, 0.05) is 17.1 Å². The normalized spacial score (nSPS) is 10.5. The summed E-state index contributed by atoms with van der Waals surface area (Å²) >= 11 is 5.80. The lowest BCUT2D eigenvalue weighted by Gasteiger charge is -2.13. The summed E-state index contributed by atoms with van der Waals surface area (Å²) in [5, 5.41) is 3.35. The molecule has 4 nitrogen and oxygen atoms in total.